The summed E-state index contributed by atoms with van der Waals surface area (Å²) in [6, 6.07) is 8.68. The van der Waals surface area contributed by atoms with Gasteiger partial charge in [-0.05, 0) is 45.0 Å². The second-order valence-electron chi connectivity index (χ2n) is 6.92. The van der Waals surface area contributed by atoms with Crippen molar-refractivity contribution >= 4 is 35.6 Å². The molecule has 4 N–H and O–H groups in total. The average molecular weight is 401 g/mol. The molecule has 3 rings (SSSR count). The zero-order valence-electron chi connectivity index (χ0n) is 16.1. The monoisotopic (exact) mass is 401 g/mol. The molecule has 0 aliphatic carbocycles. The number of aromatic nitrogens is 3. The number of urea groups is 1. The number of nitrogens with one attached hydrogen (secondary N) is 4. The third-order valence-electron chi connectivity index (χ3n) is 3.71. The zero-order chi connectivity index (χ0) is 20.3. The van der Waals surface area contributed by atoms with Crippen molar-refractivity contribution in [2.75, 3.05) is 10.6 Å². The SMILES string of the molecule is CC(C)Nc1nc(NC(C)C)nc(SC2(c3ccccc3)NC(=O)NC2=O)n1. The first-order valence-corrected chi connectivity index (χ1v) is 9.77. The van der Waals surface area contributed by atoms with Crippen molar-refractivity contribution in [1.82, 2.24) is 25.6 Å². The topological polar surface area (TPSA) is 121 Å². The zero-order valence-corrected chi connectivity index (χ0v) is 16.9. The Kier molecular flexibility index (Phi) is 5.68. The van der Waals surface area contributed by atoms with Gasteiger partial charge in [0.2, 0.25) is 16.8 Å². The van der Waals surface area contributed by atoms with Crippen LogP contribution >= 0.6 is 11.8 Å². The van der Waals surface area contributed by atoms with Gasteiger partial charge in [0.05, 0.1) is 0 Å². The third kappa shape index (κ3) is 4.33. The highest BCUT2D eigenvalue weighted by Crippen LogP contribution is 2.40. The van der Waals surface area contributed by atoms with E-state index in [9.17, 15) is 9.59 Å². The Labute approximate surface area is 167 Å². The number of nitrogens with zero attached hydrogens (tertiary/aromatic N) is 3. The van der Waals surface area contributed by atoms with Gasteiger partial charge in [0.1, 0.15) is 0 Å². The van der Waals surface area contributed by atoms with Gasteiger partial charge in [0.25, 0.3) is 5.91 Å². The number of hydrogen-bond acceptors (Lipinski definition) is 8. The maximum absolute atomic E-state index is 12.7. The number of imide groups is 1. The van der Waals surface area contributed by atoms with E-state index < -0.39 is 16.8 Å². The highest BCUT2D eigenvalue weighted by Gasteiger charge is 2.49. The van der Waals surface area contributed by atoms with E-state index in [1.54, 1.807) is 24.3 Å². The Bertz CT molecular complexity index is 847. The number of thioether (sulfide) groups is 1. The molecule has 9 nitrogen and oxygen atoms in total. The first kappa shape index (κ1) is 19.9. The molecule has 0 spiro atoms. The van der Waals surface area contributed by atoms with Crippen LogP contribution in [0.15, 0.2) is 35.5 Å². The molecule has 0 radical (unpaired) electrons. The van der Waals surface area contributed by atoms with Gasteiger partial charge in [0.15, 0.2) is 5.16 Å². The van der Waals surface area contributed by atoms with Gasteiger partial charge in [-0.1, -0.05) is 30.3 Å². The lowest BCUT2D eigenvalue weighted by Gasteiger charge is -2.25. The molecular formula is C18H23N7O2S. The van der Waals surface area contributed by atoms with Gasteiger partial charge >= 0.3 is 6.03 Å². The lowest BCUT2D eigenvalue weighted by Crippen LogP contribution is -2.40. The van der Waals surface area contributed by atoms with Crippen LogP contribution in [0.1, 0.15) is 33.3 Å². The van der Waals surface area contributed by atoms with E-state index >= 15 is 0 Å². The molecule has 1 aromatic heterocycles. The Balaban J connectivity index is 2.03. The van der Waals surface area contributed by atoms with Crippen molar-refractivity contribution in [2.45, 2.75) is 49.8 Å². The third-order valence-corrected chi connectivity index (χ3v) is 4.91. The fourth-order valence-corrected chi connectivity index (χ4v) is 3.71. The molecule has 148 valence electrons. The normalized spacial score (nSPS) is 18.9. The van der Waals surface area contributed by atoms with Crippen molar-refractivity contribution in [2.24, 2.45) is 0 Å². The van der Waals surface area contributed by atoms with Crippen LogP contribution in [0, 0.1) is 0 Å². The number of hydrogen-bond donors (Lipinski definition) is 4. The molecule has 0 bridgehead atoms. The minimum atomic E-state index is -1.36. The summed E-state index contributed by atoms with van der Waals surface area (Å²) in [7, 11) is 0. The standard InChI is InChI=1S/C18H23N7O2S/c1-10(2)19-14-22-15(20-11(3)4)24-17(23-14)28-18(12-8-6-5-7-9-12)13(26)21-16(27)25-18/h5-11H,1-4H3,(H2,21,25,26,27)(H2,19,20,22,23,24). The fourth-order valence-electron chi connectivity index (χ4n) is 2.63. The predicted molar refractivity (Wildman–Crippen MR) is 108 cm³/mol. The van der Waals surface area contributed by atoms with Crippen LogP contribution in [0.5, 0.6) is 0 Å². The van der Waals surface area contributed by atoms with Crippen LogP contribution < -0.4 is 21.3 Å². The summed E-state index contributed by atoms with van der Waals surface area (Å²) in [6.45, 7) is 7.90. The largest absolute Gasteiger partial charge is 0.352 e. The molecule has 1 atom stereocenters. The summed E-state index contributed by atoms with van der Waals surface area (Å²) in [5.41, 5.74) is 0.625. The van der Waals surface area contributed by atoms with Gasteiger partial charge < -0.3 is 16.0 Å². The average Bonchev–Trinajstić information content (AvgIpc) is 2.88. The second-order valence-corrected chi connectivity index (χ2v) is 8.10. The molecule has 1 unspecified atom stereocenters. The summed E-state index contributed by atoms with van der Waals surface area (Å²) >= 11 is 1.06. The molecule has 2 aromatic rings. The van der Waals surface area contributed by atoms with Crippen molar-refractivity contribution < 1.29 is 9.59 Å². The lowest BCUT2D eigenvalue weighted by atomic mass is 10.1. The molecule has 1 fully saturated rings. The van der Waals surface area contributed by atoms with E-state index in [4.69, 9.17) is 0 Å². The summed E-state index contributed by atoms with van der Waals surface area (Å²) < 4.78 is 0. The summed E-state index contributed by atoms with van der Waals surface area (Å²) in [6.07, 6.45) is 0. The molecule has 1 aliphatic rings. The second kappa shape index (κ2) is 8.01. The van der Waals surface area contributed by atoms with Crippen molar-refractivity contribution in [3.63, 3.8) is 0 Å². The van der Waals surface area contributed by atoms with Crippen LogP contribution in [-0.4, -0.2) is 39.0 Å². The number of carbonyl (C=O) groups is 2. The quantitative estimate of drug-likeness (QED) is 0.522. The van der Waals surface area contributed by atoms with E-state index in [1.807, 2.05) is 33.8 Å². The molecule has 0 saturated carbocycles. The molecule has 2 heterocycles. The first-order chi connectivity index (χ1) is 13.3. The van der Waals surface area contributed by atoms with E-state index in [0.717, 1.165) is 11.8 Å². The minimum absolute atomic E-state index is 0.115. The highest BCUT2D eigenvalue weighted by atomic mass is 32.2. The predicted octanol–water partition coefficient (Wildman–Crippen LogP) is 2.30. The molecule has 28 heavy (non-hydrogen) atoms. The molecule has 1 aliphatic heterocycles. The smallest absolute Gasteiger partial charge is 0.323 e. The van der Waals surface area contributed by atoms with Crippen LogP contribution in [0.4, 0.5) is 16.7 Å². The summed E-state index contributed by atoms with van der Waals surface area (Å²) in [5, 5.41) is 11.6. The van der Waals surface area contributed by atoms with Gasteiger partial charge in [-0.2, -0.15) is 15.0 Å². The Morgan fingerprint density at radius 2 is 1.50 bits per heavy atom. The lowest BCUT2D eigenvalue weighted by molar-refractivity contribution is -0.121. The van der Waals surface area contributed by atoms with Gasteiger partial charge in [-0.3, -0.25) is 10.1 Å². The van der Waals surface area contributed by atoms with Crippen LogP contribution in [0.25, 0.3) is 0 Å². The van der Waals surface area contributed by atoms with Gasteiger partial charge in [-0.15, -0.1) is 0 Å². The van der Waals surface area contributed by atoms with E-state index in [1.165, 1.54) is 0 Å². The van der Waals surface area contributed by atoms with Gasteiger partial charge in [-0.25, -0.2) is 4.79 Å². The van der Waals surface area contributed by atoms with Crippen LogP contribution in [0.3, 0.4) is 0 Å². The molecule has 1 aromatic carbocycles. The summed E-state index contributed by atoms with van der Waals surface area (Å²) in [5.74, 6) is 0.318. The van der Waals surface area contributed by atoms with Gasteiger partial charge in [0, 0.05) is 12.1 Å². The number of anilines is 2. The van der Waals surface area contributed by atoms with E-state index in [-0.39, 0.29) is 12.1 Å². The Morgan fingerprint density at radius 1 is 0.929 bits per heavy atom. The molecular weight excluding hydrogens is 378 g/mol. The van der Waals surface area contributed by atoms with E-state index in [0.29, 0.717) is 22.6 Å². The fraction of sp³-hybridized carbons (Fsp3) is 0.389. The maximum Gasteiger partial charge on any atom is 0.323 e. The maximum atomic E-state index is 12.7. The van der Waals surface area contributed by atoms with Crippen LogP contribution in [0.2, 0.25) is 0 Å². The number of benzene rings is 1. The Hall–Kier alpha value is -2.88. The van der Waals surface area contributed by atoms with Crippen molar-refractivity contribution in [1.29, 1.82) is 0 Å². The Morgan fingerprint density at radius 3 is 1.96 bits per heavy atom. The molecule has 1 saturated heterocycles. The first-order valence-electron chi connectivity index (χ1n) is 8.96. The van der Waals surface area contributed by atoms with E-state index in [2.05, 4.69) is 36.2 Å². The number of rotatable bonds is 7. The van der Waals surface area contributed by atoms with Crippen LogP contribution in [-0.2, 0) is 9.67 Å². The summed E-state index contributed by atoms with van der Waals surface area (Å²) in [4.78, 5) is 36.5. The number of amides is 3. The minimum Gasteiger partial charge on any atom is -0.352 e. The highest BCUT2D eigenvalue weighted by molar-refractivity contribution is 8.00. The van der Waals surface area contributed by atoms with Crippen molar-refractivity contribution in [3.05, 3.63) is 35.9 Å². The molecule has 3 amide bonds. The molecule has 10 heteroatoms. The van der Waals surface area contributed by atoms with Crippen molar-refractivity contribution in [3.8, 4) is 0 Å². The number of carbonyl (C=O) groups excluding carboxylic acids is 2.